The van der Waals surface area contributed by atoms with E-state index in [0.29, 0.717) is 19.6 Å². The van der Waals surface area contributed by atoms with Gasteiger partial charge in [-0.25, -0.2) is 4.79 Å². The molecular weight excluding hydrogens is 280 g/mol. The highest BCUT2D eigenvalue weighted by Gasteiger charge is 2.16. The Morgan fingerprint density at radius 2 is 1.68 bits per heavy atom. The minimum absolute atomic E-state index is 0.0932. The van der Waals surface area contributed by atoms with E-state index in [1.54, 1.807) is 17.4 Å². The van der Waals surface area contributed by atoms with Gasteiger partial charge in [0.1, 0.15) is 11.5 Å². The number of amides is 2. The van der Waals surface area contributed by atoms with Gasteiger partial charge in [-0.15, -0.1) is 0 Å². The molecule has 0 aliphatic rings. The van der Waals surface area contributed by atoms with Gasteiger partial charge in [-0.2, -0.15) is 0 Å². The van der Waals surface area contributed by atoms with Gasteiger partial charge in [0.05, 0.1) is 25.6 Å². The lowest BCUT2D eigenvalue weighted by atomic mass is 10.2. The first-order valence-electron chi connectivity index (χ1n) is 7.87. The lowest BCUT2D eigenvalue weighted by molar-refractivity contribution is 0.182. The van der Waals surface area contributed by atoms with Crippen LogP contribution in [0.1, 0.15) is 44.1 Å². The van der Waals surface area contributed by atoms with Crippen molar-refractivity contribution in [2.75, 3.05) is 6.54 Å². The number of nitrogens with one attached hydrogen (secondary N) is 1. The number of carbonyl (C=O) groups is 1. The van der Waals surface area contributed by atoms with Gasteiger partial charge in [-0.1, -0.05) is 26.2 Å². The van der Waals surface area contributed by atoms with E-state index < -0.39 is 0 Å². The topological polar surface area (TPSA) is 58.6 Å². The molecule has 0 aliphatic carbocycles. The second-order valence-electron chi connectivity index (χ2n) is 5.31. The van der Waals surface area contributed by atoms with Gasteiger partial charge in [-0.3, -0.25) is 0 Å². The molecule has 0 atom stereocenters. The van der Waals surface area contributed by atoms with Crippen LogP contribution in [-0.4, -0.2) is 17.5 Å². The van der Waals surface area contributed by atoms with Crippen molar-refractivity contribution in [2.45, 2.75) is 45.7 Å². The van der Waals surface area contributed by atoms with Crippen LogP contribution < -0.4 is 5.32 Å². The second-order valence-corrected chi connectivity index (χ2v) is 5.31. The van der Waals surface area contributed by atoms with E-state index in [2.05, 4.69) is 12.2 Å². The fourth-order valence-corrected chi connectivity index (χ4v) is 2.24. The summed E-state index contributed by atoms with van der Waals surface area (Å²) in [4.78, 5) is 14.1. The summed E-state index contributed by atoms with van der Waals surface area (Å²) in [6.45, 7) is 3.72. The van der Waals surface area contributed by atoms with Crippen molar-refractivity contribution in [1.82, 2.24) is 10.2 Å². The average Bonchev–Trinajstić information content (AvgIpc) is 3.20. The van der Waals surface area contributed by atoms with Crippen LogP contribution in [0.3, 0.4) is 0 Å². The SMILES string of the molecule is CCCCCCNC(=O)N(Cc1ccco1)Cc1ccco1. The molecule has 0 bridgehead atoms. The smallest absolute Gasteiger partial charge is 0.318 e. The summed E-state index contributed by atoms with van der Waals surface area (Å²) >= 11 is 0. The fourth-order valence-electron chi connectivity index (χ4n) is 2.24. The Labute approximate surface area is 131 Å². The van der Waals surface area contributed by atoms with E-state index in [0.717, 1.165) is 24.4 Å². The first-order valence-corrected chi connectivity index (χ1v) is 7.87. The molecule has 0 saturated carbocycles. The van der Waals surface area contributed by atoms with Crippen molar-refractivity contribution in [3.63, 3.8) is 0 Å². The molecule has 2 rings (SSSR count). The molecule has 0 aromatic carbocycles. The van der Waals surface area contributed by atoms with E-state index >= 15 is 0 Å². The highest BCUT2D eigenvalue weighted by Crippen LogP contribution is 2.11. The van der Waals surface area contributed by atoms with E-state index in [4.69, 9.17) is 8.83 Å². The third-order valence-electron chi connectivity index (χ3n) is 3.45. The van der Waals surface area contributed by atoms with Crippen LogP contribution in [0.15, 0.2) is 45.6 Å². The predicted octanol–water partition coefficient (Wildman–Crippen LogP) is 4.16. The zero-order chi connectivity index (χ0) is 15.6. The monoisotopic (exact) mass is 304 g/mol. The Balaban J connectivity index is 1.86. The van der Waals surface area contributed by atoms with E-state index in [1.807, 2.05) is 24.3 Å². The summed E-state index contributed by atoms with van der Waals surface area (Å²) in [6, 6.07) is 7.28. The normalized spacial score (nSPS) is 10.6. The minimum Gasteiger partial charge on any atom is -0.467 e. The molecule has 2 heterocycles. The molecule has 0 unspecified atom stereocenters. The molecule has 22 heavy (non-hydrogen) atoms. The zero-order valence-corrected chi connectivity index (χ0v) is 13.1. The molecule has 5 nitrogen and oxygen atoms in total. The molecule has 1 N–H and O–H groups in total. The predicted molar refractivity (Wildman–Crippen MR) is 84.2 cm³/mol. The highest BCUT2D eigenvalue weighted by atomic mass is 16.3. The lowest BCUT2D eigenvalue weighted by Crippen LogP contribution is -2.39. The summed E-state index contributed by atoms with van der Waals surface area (Å²) in [5.41, 5.74) is 0. The molecule has 2 aromatic heterocycles. The number of carbonyl (C=O) groups excluding carboxylic acids is 1. The Hall–Kier alpha value is -2.17. The number of hydrogen-bond acceptors (Lipinski definition) is 3. The molecule has 5 heteroatoms. The van der Waals surface area contributed by atoms with Crippen molar-refractivity contribution < 1.29 is 13.6 Å². The molecule has 0 radical (unpaired) electrons. The third kappa shape index (κ3) is 5.31. The molecule has 0 aliphatic heterocycles. The Bertz CT molecular complexity index is 484. The van der Waals surface area contributed by atoms with Crippen molar-refractivity contribution in [3.05, 3.63) is 48.3 Å². The maximum absolute atomic E-state index is 12.4. The first kappa shape index (κ1) is 16.2. The van der Waals surface area contributed by atoms with Crippen LogP contribution in [0, 0.1) is 0 Å². The number of urea groups is 1. The van der Waals surface area contributed by atoms with Gasteiger partial charge in [0.25, 0.3) is 0 Å². The van der Waals surface area contributed by atoms with Crippen molar-refractivity contribution >= 4 is 6.03 Å². The van der Waals surface area contributed by atoms with E-state index in [9.17, 15) is 4.79 Å². The van der Waals surface area contributed by atoms with Crippen LogP contribution >= 0.6 is 0 Å². The lowest BCUT2D eigenvalue weighted by Gasteiger charge is -2.21. The Morgan fingerprint density at radius 1 is 1.05 bits per heavy atom. The Kier molecular flexibility index (Phi) is 6.61. The summed E-state index contributed by atoms with van der Waals surface area (Å²) in [7, 11) is 0. The standard InChI is InChI=1S/C17H24N2O3/c1-2-3-4-5-10-18-17(20)19(13-15-8-6-11-21-15)14-16-9-7-12-22-16/h6-9,11-12H,2-5,10,13-14H2,1H3,(H,18,20). The van der Waals surface area contributed by atoms with Gasteiger partial charge in [-0.05, 0) is 30.7 Å². The van der Waals surface area contributed by atoms with Crippen LogP contribution in [0.4, 0.5) is 4.79 Å². The van der Waals surface area contributed by atoms with Crippen LogP contribution in [0.2, 0.25) is 0 Å². The number of hydrogen-bond donors (Lipinski definition) is 1. The van der Waals surface area contributed by atoms with Gasteiger partial charge >= 0.3 is 6.03 Å². The largest absolute Gasteiger partial charge is 0.467 e. The van der Waals surface area contributed by atoms with Crippen LogP contribution in [0.25, 0.3) is 0 Å². The van der Waals surface area contributed by atoms with Crippen molar-refractivity contribution in [3.8, 4) is 0 Å². The van der Waals surface area contributed by atoms with E-state index in [-0.39, 0.29) is 6.03 Å². The average molecular weight is 304 g/mol. The zero-order valence-electron chi connectivity index (χ0n) is 13.1. The number of furan rings is 2. The summed E-state index contributed by atoms with van der Waals surface area (Å²) in [6.07, 6.45) is 7.78. The highest BCUT2D eigenvalue weighted by molar-refractivity contribution is 5.74. The number of rotatable bonds is 9. The second kappa shape index (κ2) is 8.97. The molecule has 0 saturated heterocycles. The maximum atomic E-state index is 12.4. The van der Waals surface area contributed by atoms with E-state index in [1.165, 1.54) is 12.8 Å². The molecule has 2 amide bonds. The third-order valence-corrected chi connectivity index (χ3v) is 3.45. The first-order chi connectivity index (χ1) is 10.8. The van der Waals surface area contributed by atoms with Gasteiger partial charge in [0.15, 0.2) is 0 Å². The maximum Gasteiger partial charge on any atom is 0.318 e. The summed E-state index contributed by atoms with van der Waals surface area (Å²) in [5.74, 6) is 1.51. The molecule has 0 spiro atoms. The molecule has 0 fully saturated rings. The van der Waals surface area contributed by atoms with Gasteiger partial charge in [0, 0.05) is 6.54 Å². The molecule has 2 aromatic rings. The van der Waals surface area contributed by atoms with Gasteiger partial charge < -0.3 is 19.1 Å². The Morgan fingerprint density at radius 3 is 2.18 bits per heavy atom. The van der Waals surface area contributed by atoms with Crippen LogP contribution in [0.5, 0.6) is 0 Å². The van der Waals surface area contributed by atoms with Gasteiger partial charge in [0.2, 0.25) is 0 Å². The van der Waals surface area contributed by atoms with Crippen molar-refractivity contribution in [1.29, 1.82) is 0 Å². The molecule has 120 valence electrons. The minimum atomic E-state index is -0.0932. The number of unbranched alkanes of at least 4 members (excludes halogenated alkanes) is 3. The quantitative estimate of drug-likeness (QED) is 0.707. The summed E-state index contributed by atoms with van der Waals surface area (Å²) in [5, 5.41) is 2.97. The van der Waals surface area contributed by atoms with Crippen molar-refractivity contribution in [2.24, 2.45) is 0 Å². The van der Waals surface area contributed by atoms with Crippen LogP contribution in [-0.2, 0) is 13.1 Å². The summed E-state index contributed by atoms with van der Waals surface area (Å²) < 4.78 is 10.7. The number of nitrogens with zero attached hydrogens (tertiary/aromatic N) is 1. The fraction of sp³-hybridized carbons (Fsp3) is 0.471. The molecular formula is C17H24N2O3.